The minimum absolute atomic E-state index is 0.0150. The number of carbonyl (C=O) groups excluding carboxylic acids is 1. The van der Waals surface area contributed by atoms with Crippen LogP contribution in [0.5, 0.6) is 0 Å². The van der Waals surface area contributed by atoms with Crippen molar-refractivity contribution >= 4 is 41.4 Å². The first kappa shape index (κ1) is 26.3. The number of nitro benzene ring substituents is 1. The highest BCUT2D eigenvalue weighted by Crippen LogP contribution is 2.24. The number of carbonyl (C=O) groups is 1. The van der Waals surface area contributed by atoms with Crippen LogP contribution in [0.25, 0.3) is 11.3 Å². The summed E-state index contributed by atoms with van der Waals surface area (Å²) in [7, 11) is 0. The van der Waals surface area contributed by atoms with E-state index in [1.165, 1.54) is 30.5 Å². The molecule has 0 aliphatic carbocycles. The number of hydrogen-bond acceptors (Lipinski definition) is 12. The monoisotopic (exact) mass is 541 g/mol. The van der Waals surface area contributed by atoms with Crippen molar-refractivity contribution in [1.82, 2.24) is 15.0 Å². The second-order valence-corrected chi connectivity index (χ2v) is 9.05. The van der Waals surface area contributed by atoms with Crippen molar-refractivity contribution in [3.05, 3.63) is 82.1 Å². The van der Waals surface area contributed by atoms with Crippen LogP contribution in [0.4, 0.5) is 29.2 Å². The molecule has 40 heavy (non-hydrogen) atoms. The normalized spacial score (nSPS) is 13.7. The first-order chi connectivity index (χ1) is 19.4. The van der Waals surface area contributed by atoms with Gasteiger partial charge in [0.25, 0.3) is 5.69 Å². The number of aromatic nitrogens is 3. The first-order valence-corrected chi connectivity index (χ1v) is 12.7. The number of non-ortho nitro benzene ring substituents is 1. The maximum absolute atomic E-state index is 11.0. The average molecular weight is 542 g/mol. The van der Waals surface area contributed by atoms with Crippen molar-refractivity contribution in [2.75, 3.05) is 28.7 Å². The zero-order valence-electron chi connectivity index (χ0n) is 21.3. The molecule has 0 atom stereocenters. The van der Waals surface area contributed by atoms with Crippen molar-refractivity contribution in [2.24, 2.45) is 5.10 Å². The molecule has 0 bridgehead atoms. The molecule has 2 aromatic carbocycles. The molecule has 2 aromatic heterocycles. The second-order valence-electron chi connectivity index (χ2n) is 9.05. The smallest absolute Gasteiger partial charge is 0.269 e. The standard InChI is InChI=1S/C27H26N8O5/c36-24(37)19-7-5-18(6-8-19)23-14-13-22(40-23)17-28-33-26-30-25(29-20-9-11-21(12-10-20)35(38)39)31-27(32-26)34-15-3-1-2-4-16-34/h5-14,17H,1-4,15-16H2,(H,36,37)(H2,29,30,31,32,33)/p-1. The maximum atomic E-state index is 11.0. The second kappa shape index (κ2) is 12.0. The highest BCUT2D eigenvalue weighted by Gasteiger charge is 2.16. The molecule has 0 radical (unpaired) electrons. The number of furan rings is 1. The Labute approximate surface area is 228 Å². The fourth-order valence-electron chi connectivity index (χ4n) is 4.18. The third kappa shape index (κ3) is 6.56. The van der Waals surface area contributed by atoms with Crippen molar-refractivity contribution in [1.29, 1.82) is 0 Å². The number of anilines is 4. The number of nitrogens with zero attached hydrogens (tertiary/aromatic N) is 6. The summed E-state index contributed by atoms with van der Waals surface area (Å²) in [5.74, 6) is 0.732. The SMILES string of the molecule is O=C([O-])c1ccc(-c2ccc(C=NNc3nc(Nc4ccc([N+](=O)[O-])cc4)nc(N4CCCCCC4)n3)o2)cc1. The first-order valence-electron chi connectivity index (χ1n) is 12.7. The molecule has 204 valence electrons. The predicted octanol–water partition coefficient (Wildman–Crippen LogP) is 3.97. The van der Waals surface area contributed by atoms with Crippen LogP contribution in [-0.2, 0) is 0 Å². The third-order valence-electron chi connectivity index (χ3n) is 6.24. The van der Waals surface area contributed by atoms with E-state index < -0.39 is 10.9 Å². The summed E-state index contributed by atoms with van der Waals surface area (Å²) in [5.41, 5.74) is 4.19. The molecule has 1 aliphatic rings. The molecule has 0 saturated carbocycles. The number of carboxylic acids is 1. The van der Waals surface area contributed by atoms with E-state index in [1.54, 1.807) is 36.4 Å². The molecule has 13 nitrogen and oxygen atoms in total. The van der Waals surface area contributed by atoms with E-state index in [0.717, 1.165) is 38.8 Å². The van der Waals surface area contributed by atoms with Crippen molar-refractivity contribution < 1.29 is 19.2 Å². The third-order valence-corrected chi connectivity index (χ3v) is 6.24. The molecular formula is C27H25N8O5-. The maximum Gasteiger partial charge on any atom is 0.269 e. The van der Waals surface area contributed by atoms with Crippen molar-refractivity contribution in [2.45, 2.75) is 25.7 Å². The number of benzene rings is 2. The number of hydrazone groups is 1. The van der Waals surface area contributed by atoms with E-state index in [4.69, 9.17) is 4.42 Å². The molecule has 0 amide bonds. The van der Waals surface area contributed by atoms with Gasteiger partial charge in [-0.15, -0.1) is 0 Å². The van der Waals surface area contributed by atoms with Crippen LogP contribution in [0, 0.1) is 10.1 Å². The lowest BCUT2D eigenvalue weighted by molar-refractivity contribution is -0.384. The van der Waals surface area contributed by atoms with E-state index in [9.17, 15) is 20.0 Å². The molecule has 0 spiro atoms. The molecular weight excluding hydrogens is 516 g/mol. The Morgan fingerprint density at radius 3 is 2.30 bits per heavy atom. The van der Waals surface area contributed by atoms with Gasteiger partial charge in [0.15, 0.2) is 0 Å². The van der Waals surface area contributed by atoms with Crippen LogP contribution in [0.3, 0.4) is 0 Å². The highest BCUT2D eigenvalue weighted by molar-refractivity contribution is 5.86. The Balaban J connectivity index is 1.33. The number of hydrogen-bond donors (Lipinski definition) is 2. The van der Waals surface area contributed by atoms with E-state index in [0.29, 0.717) is 28.7 Å². The van der Waals surface area contributed by atoms with Crippen LogP contribution in [0.2, 0.25) is 0 Å². The predicted molar refractivity (Wildman–Crippen MR) is 147 cm³/mol. The van der Waals surface area contributed by atoms with E-state index >= 15 is 0 Å². The minimum Gasteiger partial charge on any atom is -0.545 e. The van der Waals surface area contributed by atoms with Gasteiger partial charge in [0.1, 0.15) is 11.5 Å². The lowest BCUT2D eigenvalue weighted by Crippen LogP contribution is -2.26. The summed E-state index contributed by atoms with van der Waals surface area (Å²) in [6.45, 7) is 1.64. The Hall–Kier alpha value is -5.33. The van der Waals surface area contributed by atoms with Gasteiger partial charge < -0.3 is 24.5 Å². The van der Waals surface area contributed by atoms with Gasteiger partial charge in [-0.05, 0) is 42.7 Å². The lowest BCUT2D eigenvalue weighted by Gasteiger charge is -2.21. The fraction of sp³-hybridized carbons (Fsp3) is 0.222. The summed E-state index contributed by atoms with van der Waals surface area (Å²) in [4.78, 5) is 37.1. The van der Waals surface area contributed by atoms with Crippen LogP contribution >= 0.6 is 0 Å². The number of nitro groups is 1. The lowest BCUT2D eigenvalue weighted by atomic mass is 10.1. The van der Waals surface area contributed by atoms with Gasteiger partial charge in [0.05, 0.1) is 17.1 Å². The average Bonchev–Trinajstić information content (AvgIpc) is 3.25. The van der Waals surface area contributed by atoms with Gasteiger partial charge in [0.2, 0.25) is 17.8 Å². The molecule has 13 heteroatoms. The summed E-state index contributed by atoms with van der Waals surface area (Å²) in [5, 5.41) is 29.2. The van der Waals surface area contributed by atoms with E-state index in [2.05, 4.69) is 35.7 Å². The summed E-state index contributed by atoms with van der Waals surface area (Å²) in [6, 6.07) is 15.6. The summed E-state index contributed by atoms with van der Waals surface area (Å²) < 4.78 is 5.80. The van der Waals surface area contributed by atoms with Crippen LogP contribution in [0.15, 0.2) is 70.2 Å². The topological polar surface area (TPSA) is 175 Å². The largest absolute Gasteiger partial charge is 0.545 e. The van der Waals surface area contributed by atoms with Crippen molar-refractivity contribution in [3.63, 3.8) is 0 Å². The van der Waals surface area contributed by atoms with Crippen LogP contribution in [0.1, 0.15) is 41.8 Å². The Morgan fingerprint density at radius 2 is 1.62 bits per heavy atom. The zero-order chi connectivity index (χ0) is 27.9. The number of aromatic carboxylic acids is 1. The summed E-state index contributed by atoms with van der Waals surface area (Å²) >= 11 is 0. The molecule has 2 N–H and O–H groups in total. The quantitative estimate of drug-likeness (QED) is 0.178. The minimum atomic E-state index is -1.24. The number of rotatable bonds is 9. The van der Waals surface area contributed by atoms with Crippen LogP contribution in [-0.4, -0.2) is 45.1 Å². The number of carboxylic acid groups (broad SMARTS) is 1. The summed E-state index contributed by atoms with van der Waals surface area (Å²) in [6.07, 6.45) is 5.84. The molecule has 1 fully saturated rings. The Morgan fingerprint density at radius 1 is 0.925 bits per heavy atom. The van der Waals surface area contributed by atoms with Gasteiger partial charge in [-0.2, -0.15) is 20.1 Å². The van der Waals surface area contributed by atoms with Gasteiger partial charge in [0, 0.05) is 36.5 Å². The zero-order valence-corrected chi connectivity index (χ0v) is 21.3. The van der Waals surface area contributed by atoms with Gasteiger partial charge in [-0.1, -0.05) is 37.1 Å². The highest BCUT2D eigenvalue weighted by atomic mass is 16.6. The molecule has 5 rings (SSSR count). The fourth-order valence-corrected chi connectivity index (χ4v) is 4.18. The molecule has 4 aromatic rings. The van der Waals surface area contributed by atoms with Crippen molar-refractivity contribution in [3.8, 4) is 11.3 Å². The molecule has 1 saturated heterocycles. The molecule has 3 heterocycles. The Kier molecular flexibility index (Phi) is 7.90. The van der Waals surface area contributed by atoms with Gasteiger partial charge in [-0.25, -0.2) is 5.43 Å². The number of nitrogens with one attached hydrogen (secondary N) is 2. The van der Waals surface area contributed by atoms with E-state index in [-0.39, 0.29) is 23.1 Å². The van der Waals surface area contributed by atoms with Gasteiger partial charge in [-0.3, -0.25) is 10.1 Å². The van der Waals surface area contributed by atoms with E-state index in [1.807, 2.05) is 0 Å². The van der Waals surface area contributed by atoms with Crippen LogP contribution < -0.4 is 20.7 Å². The molecule has 1 aliphatic heterocycles. The Bertz CT molecular complexity index is 1510. The molecule has 0 unspecified atom stereocenters. The van der Waals surface area contributed by atoms with Gasteiger partial charge >= 0.3 is 0 Å².